The first-order chi connectivity index (χ1) is 6.67. The van der Waals surface area contributed by atoms with Gasteiger partial charge < -0.3 is 10.4 Å². The maximum Gasteiger partial charge on any atom is 0.202 e. The zero-order chi connectivity index (χ0) is 10.6. The van der Waals surface area contributed by atoms with Gasteiger partial charge in [0, 0.05) is 22.8 Å². The number of aryl methyl sites for hydroxylation is 1. The highest BCUT2D eigenvalue weighted by Gasteiger charge is 2.15. The highest BCUT2D eigenvalue weighted by Crippen LogP contribution is 2.17. The summed E-state index contributed by atoms with van der Waals surface area (Å²) in [7, 11) is 0. The van der Waals surface area contributed by atoms with Crippen LogP contribution in [0.4, 0.5) is 5.13 Å². The minimum absolute atomic E-state index is 0.174. The van der Waals surface area contributed by atoms with Gasteiger partial charge in [-0.15, -0.1) is 0 Å². The minimum atomic E-state index is 0.174. The van der Waals surface area contributed by atoms with Crippen LogP contribution in [-0.2, 0) is 0 Å². The summed E-state index contributed by atoms with van der Waals surface area (Å²) in [5, 5.41) is 13.3. The molecule has 1 heterocycles. The summed E-state index contributed by atoms with van der Waals surface area (Å²) >= 11 is 3.00. The van der Waals surface area contributed by atoms with Crippen LogP contribution in [-0.4, -0.2) is 38.6 Å². The summed E-state index contributed by atoms with van der Waals surface area (Å²) in [5.74, 6) is 0.786. The van der Waals surface area contributed by atoms with Gasteiger partial charge in [0.25, 0.3) is 0 Å². The Labute approximate surface area is 92.3 Å². The van der Waals surface area contributed by atoms with E-state index in [2.05, 4.69) is 14.7 Å². The van der Waals surface area contributed by atoms with E-state index in [9.17, 15) is 0 Å². The van der Waals surface area contributed by atoms with Crippen molar-refractivity contribution < 1.29 is 5.11 Å². The molecule has 0 aliphatic heterocycles. The largest absolute Gasteiger partial charge is 0.395 e. The first kappa shape index (κ1) is 11.7. The van der Waals surface area contributed by atoms with Crippen LogP contribution >= 0.6 is 23.3 Å². The van der Waals surface area contributed by atoms with E-state index in [4.69, 9.17) is 5.11 Å². The van der Waals surface area contributed by atoms with Gasteiger partial charge in [-0.2, -0.15) is 16.1 Å². The van der Waals surface area contributed by atoms with Crippen LogP contribution in [0.2, 0.25) is 0 Å². The average Bonchev–Trinajstić information content (AvgIpc) is 2.53. The van der Waals surface area contributed by atoms with Crippen molar-refractivity contribution in [2.24, 2.45) is 0 Å². The van der Waals surface area contributed by atoms with E-state index in [0.29, 0.717) is 0 Å². The quantitative estimate of drug-likeness (QED) is 0.804. The summed E-state index contributed by atoms with van der Waals surface area (Å²) < 4.78 is 4.08. The van der Waals surface area contributed by atoms with Gasteiger partial charge in [-0.05, 0) is 20.1 Å². The van der Waals surface area contributed by atoms with Crippen LogP contribution in [0.25, 0.3) is 0 Å². The van der Waals surface area contributed by atoms with Gasteiger partial charge in [0.2, 0.25) is 5.13 Å². The predicted octanol–water partition coefficient (Wildman–Crippen LogP) is 1.37. The van der Waals surface area contributed by atoms with Crippen molar-refractivity contribution in [1.82, 2.24) is 9.36 Å². The topological polar surface area (TPSA) is 58.0 Å². The van der Waals surface area contributed by atoms with Crippen molar-refractivity contribution in [2.75, 3.05) is 18.2 Å². The van der Waals surface area contributed by atoms with E-state index in [1.54, 1.807) is 11.8 Å². The molecule has 2 atom stereocenters. The molecule has 0 amide bonds. The number of nitrogens with zero attached hydrogens (tertiary/aromatic N) is 2. The van der Waals surface area contributed by atoms with Crippen molar-refractivity contribution in [3.05, 3.63) is 5.82 Å². The Bertz CT molecular complexity index is 275. The number of hydrogen-bond acceptors (Lipinski definition) is 6. The van der Waals surface area contributed by atoms with Crippen LogP contribution in [0.15, 0.2) is 0 Å². The van der Waals surface area contributed by atoms with Crippen molar-refractivity contribution in [2.45, 2.75) is 25.1 Å². The van der Waals surface area contributed by atoms with Gasteiger partial charge in [0.15, 0.2) is 0 Å². The number of hydrogen-bond donors (Lipinski definition) is 2. The van der Waals surface area contributed by atoms with Crippen LogP contribution < -0.4 is 5.32 Å². The molecule has 14 heavy (non-hydrogen) atoms. The molecule has 0 fully saturated rings. The van der Waals surface area contributed by atoms with E-state index in [1.165, 1.54) is 11.5 Å². The van der Waals surface area contributed by atoms with E-state index < -0.39 is 0 Å². The monoisotopic (exact) mass is 233 g/mol. The van der Waals surface area contributed by atoms with Gasteiger partial charge in [0.1, 0.15) is 5.82 Å². The lowest BCUT2D eigenvalue weighted by Gasteiger charge is -2.20. The molecule has 6 heteroatoms. The number of aromatic nitrogens is 2. The van der Waals surface area contributed by atoms with Crippen LogP contribution in [0.1, 0.15) is 12.7 Å². The Hall–Kier alpha value is -0.330. The maximum absolute atomic E-state index is 9.09. The molecule has 0 bridgehead atoms. The third kappa shape index (κ3) is 3.11. The number of nitrogens with one attached hydrogen (secondary N) is 1. The summed E-state index contributed by atoms with van der Waals surface area (Å²) in [4.78, 5) is 4.21. The molecule has 1 aromatic heterocycles. The lowest BCUT2D eigenvalue weighted by atomic mass is 10.2. The zero-order valence-corrected chi connectivity index (χ0v) is 10.2. The van der Waals surface area contributed by atoms with Crippen LogP contribution in [0.5, 0.6) is 0 Å². The molecule has 0 spiro atoms. The van der Waals surface area contributed by atoms with Gasteiger partial charge in [-0.3, -0.25) is 0 Å². The lowest BCUT2D eigenvalue weighted by molar-refractivity contribution is 0.288. The fraction of sp³-hybridized carbons (Fsp3) is 0.750. The molecule has 80 valence electrons. The third-order valence-corrected chi connectivity index (χ3v) is 3.82. The minimum Gasteiger partial charge on any atom is -0.395 e. The van der Waals surface area contributed by atoms with Crippen molar-refractivity contribution in [1.29, 1.82) is 0 Å². The number of thioether (sulfide) groups is 1. The fourth-order valence-corrected chi connectivity index (χ4v) is 2.38. The van der Waals surface area contributed by atoms with E-state index in [1.807, 2.05) is 20.1 Å². The maximum atomic E-state index is 9.09. The van der Waals surface area contributed by atoms with Crippen LogP contribution in [0.3, 0.4) is 0 Å². The molecule has 4 nitrogen and oxygen atoms in total. The second-order valence-corrected chi connectivity index (χ2v) is 4.87. The number of aliphatic hydroxyl groups is 1. The van der Waals surface area contributed by atoms with Crippen molar-refractivity contribution >= 4 is 28.4 Å². The Kier molecular flexibility index (Phi) is 4.64. The predicted molar refractivity (Wildman–Crippen MR) is 62.1 cm³/mol. The molecule has 0 aliphatic carbocycles. The fourth-order valence-electron chi connectivity index (χ4n) is 1.08. The molecule has 0 radical (unpaired) electrons. The first-order valence-corrected chi connectivity index (χ1v) is 6.44. The normalized spacial score (nSPS) is 15.1. The SMILES string of the molecule is CSC(CO)C(C)Nc1nc(C)ns1. The summed E-state index contributed by atoms with van der Waals surface area (Å²) in [6.07, 6.45) is 1.99. The lowest BCUT2D eigenvalue weighted by Crippen LogP contribution is -2.30. The van der Waals surface area contributed by atoms with Gasteiger partial charge in [-0.25, -0.2) is 4.98 Å². The molecule has 0 saturated carbocycles. The molecule has 2 N–H and O–H groups in total. The van der Waals surface area contributed by atoms with Gasteiger partial charge >= 0.3 is 0 Å². The second-order valence-electron chi connectivity index (χ2n) is 3.04. The molecule has 1 aromatic rings. The molecular formula is C8H15N3OS2. The summed E-state index contributed by atoms with van der Waals surface area (Å²) in [6, 6.07) is 0.197. The number of rotatable bonds is 5. The van der Waals surface area contributed by atoms with Crippen LogP contribution in [0, 0.1) is 6.92 Å². The van der Waals surface area contributed by atoms with E-state index >= 15 is 0 Å². The van der Waals surface area contributed by atoms with Crippen molar-refractivity contribution in [3.63, 3.8) is 0 Å². The number of aliphatic hydroxyl groups excluding tert-OH is 1. The smallest absolute Gasteiger partial charge is 0.202 e. The van der Waals surface area contributed by atoms with E-state index in [0.717, 1.165) is 11.0 Å². The summed E-state index contributed by atoms with van der Waals surface area (Å²) in [6.45, 7) is 4.08. The van der Waals surface area contributed by atoms with Gasteiger partial charge in [-0.1, -0.05) is 0 Å². The molecule has 0 aromatic carbocycles. The van der Waals surface area contributed by atoms with Gasteiger partial charge in [0.05, 0.1) is 6.61 Å². The molecule has 2 unspecified atom stereocenters. The average molecular weight is 233 g/mol. The Balaban J connectivity index is 2.51. The summed E-state index contributed by atoms with van der Waals surface area (Å²) in [5.41, 5.74) is 0. The molecule has 0 aliphatic rings. The zero-order valence-electron chi connectivity index (χ0n) is 8.52. The molecule has 1 rings (SSSR count). The first-order valence-electron chi connectivity index (χ1n) is 4.38. The third-order valence-electron chi connectivity index (χ3n) is 1.92. The highest BCUT2D eigenvalue weighted by molar-refractivity contribution is 7.99. The highest BCUT2D eigenvalue weighted by atomic mass is 32.2. The Morgan fingerprint density at radius 3 is 2.79 bits per heavy atom. The Morgan fingerprint density at radius 1 is 1.64 bits per heavy atom. The number of anilines is 1. The Morgan fingerprint density at radius 2 is 2.36 bits per heavy atom. The standard InChI is InChI=1S/C8H15N3OS2/c1-5(7(4-12)13-3)9-8-10-6(2)11-14-8/h5,7,12H,4H2,1-3H3,(H,9,10,11). The molecular weight excluding hydrogens is 218 g/mol. The second kappa shape index (κ2) is 5.53. The van der Waals surface area contributed by atoms with E-state index in [-0.39, 0.29) is 17.9 Å². The van der Waals surface area contributed by atoms with Crippen molar-refractivity contribution in [3.8, 4) is 0 Å². The molecule has 0 saturated heterocycles.